The standard InChI is InChI=1S/C9H19N4.C2H3N.Cu/c1-8(10-12(3)4)7-9(2)11-13(5)6;1-2-3;/h7H,1-6H3;1H3;/q-1;;+1/b8-7-,11-9+;;. The van der Waals surface area contributed by atoms with Gasteiger partial charge in [0.05, 0.1) is 11.8 Å². The molecule has 0 fully saturated rings. The summed E-state index contributed by atoms with van der Waals surface area (Å²) in [6.45, 7) is 5.34. The van der Waals surface area contributed by atoms with Crippen LogP contribution in [0.25, 0.3) is 5.43 Å². The number of allylic oxidation sites excluding steroid dienone is 2. The molecule has 0 spiro atoms. The summed E-state index contributed by atoms with van der Waals surface area (Å²) in [4.78, 5) is 0. The Morgan fingerprint density at radius 3 is 1.94 bits per heavy atom. The average Bonchev–Trinajstić information content (AvgIpc) is 2.00. The van der Waals surface area contributed by atoms with Gasteiger partial charge in [0.25, 0.3) is 0 Å². The molecule has 0 atom stereocenters. The molecule has 102 valence electrons. The maximum absolute atomic E-state index is 7.32. The molecule has 0 N–H and O–H groups in total. The van der Waals surface area contributed by atoms with Gasteiger partial charge in [-0.2, -0.15) is 16.1 Å². The van der Waals surface area contributed by atoms with Crippen molar-refractivity contribution >= 4 is 5.71 Å². The van der Waals surface area contributed by atoms with Gasteiger partial charge in [0.15, 0.2) is 0 Å². The number of hydrazone groups is 1. The molecule has 0 aromatic heterocycles. The molecule has 0 saturated carbocycles. The first-order valence-electron chi connectivity index (χ1n) is 4.94. The van der Waals surface area contributed by atoms with Gasteiger partial charge in [-0.25, -0.2) is 0 Å². The van der Waals surface area contributed by atoms with E-state index < -0.39 is 0 Å². The minimum atomic E-state index is 0. The van der Waals surface area contributed by atoms with Crippen LogP contribution in [0.4, 0.5) is 0 Å². The van der Waals surface area contributed by atoms with Crippen LogP contribution in [0.3, 0.4) is 0 Å². The third-order valence-electron chi connectivity index (χ3n) is 1.13. The van der Waals surface area contributed by atoms with Crippen LogP contribution in [0.5, 0.6) is 0 Å². The second kappa shape index (κ2) is 13.0. The van der Waals surface area contributed by atoms with Gasteiger partial charge in [0.2, 0.25) is 0 Å². The Bertz CT molecular complexity index is 276. The molecule has 0 bridgehead atoms. The SMILES string of the molecule is C/C(=C/C(C)=N/N(C)C)[N-]N(C)C.CC#N.[Cu+]. The number of nitriles is 1. The van der Waals surface area contributed by atoms with E-state index in [1.807, 2.05) is 48.1 Å². The third kappa shape index (κ3) is 20.9. The summed E-state index contributed by atoms with van der Waals surface area (Å²) in [5.74, 6) is 0. The van der Waals surface area contributed by atoms with Crippen molar-refractivity contribution in [2.75, 3.05) is 28.2 Å². The summed E-state index contributed by atoms with van der Waals surface area (Å²) in [5.41, 5.74) is 6.12. The summed E-state index contributed by atoms with van der Waals surface area (Å²) >= 11 is 0. The summed E-state index contributed by atoms with van der Waals surface area (Å²) in [7, 11) is 7.59. The van der Waals surface area contributed by atoms with E-state index in [9.17, 15) is 0 Å². The fraction of sp³-hybridized carbons (Fsp3) is 0.636. The maximum Gasteiger partial charge on any atom is 1.00 e. The van der Waals surface area contributed by atoms with Crippen molar-refractivity contribution in [3.05, 3.63) is 17.2 Å². The van der Waals surface area contributed by atoms with Crippen LogP contribution in [0, 0.1) is 11.3 Å². The smallest absolute Gasteiger partial charge is 0.624 e. The summed E-state index contributed by atoms with van der Waals surface area (Å²) in [5, 5.41) is 15.1. The normalized spacial score (nSPS) is 10.8. The fourth-order valence-corrected chi connectivity index (χ4v) is 0.991. The van der Waals surface area contributed by atoms with Crippen molar-refractivity contribution in [2.24, 2.45) is 5.10 Å². The zero-order valence-electron chi connectivity index (χ0n) is 11.6. The molecule has 0 heterocycles. The van der Waals surface area contributed by atoms with E-state index in [2.05, 4.69) is 10.5 Å². The van der Waals surface area contributed by atoms with E-state index in [-0.39, 0.29) is 17.1 Å². The van der Waals surface area contributed by atoms with E-state index in [0.717, 1.165) is 11.4 Å². The molecule has 0 aliphatic carbocycles. The molecule has 0 aromatic carbocycles. The van der Waals surface area contributed by atoms with Crippen molar-refractivity contribution in [2.45, 2.75) is 20.8 Å². The van der Waals surface area contributed by atoms with E-state index in [1.165, 1.54) is 6.92 Å². The van der Waals surface area contributed by atoms with E-state index in [4.69, 9.17) is 5.26 Å². The number of hydrogen-bond donors (Lipinski definition) is 0. The van der Waals surface area contributed by atoms with E-state index in [1.54, 1.807) is 16.1 Å². The van der Waals surface area contributed by atoms with Gasteiger partial charge in [-0.15, -0.1) is 0 Å². The molecule has 0 radical (unpaired) electrons. The Morgan fingerprint density at radius 2 is 1.65 bits per heavy atom. The minimum absolute atomic E-state index is 0. The Morgan fingerprint density at radius 1 is 1.24 bits per heavy atom. The van der Waals surface area contributed by atoms with Crippen molar-refractivity contribution in [3.8, 4) is 6.07 Å². The van der Waals surface area contributed by atoms with Crippen molar-refractivity contribution < 1.29 is 17.1 Å². The second-order valence-electron chi connectivity index (χ2n) is 3.55. The first-order chi connectivity index (χ1) is 7.33. The molecular formula is C11H22CuN5. The van der Waals surface area contributed by atoms with Crippen LogP contribution in [0.1, 0.15) is 20.8 Å². The maximum atomic E-state index is 7.32. The van der Waals surface area contributed by atoms with Gasteiger partial charge in [-0.3, -0.25) is 0 Å². The van der Waals surface area contributed by atoms with Crippen LogP contribution >= 0.6 is 0 Å². The number of nitrogens with zero attached hydrogens (tertiary/aromatic N) is 5. The molecule has 0 aliphatic heterocycles. The Kier molecular flexibility index (Phi) is 16.3. The van der Waals surface area contributed by atoms with Crippen LogP contribution in [0.15, 0.2) is 16.9 Å². The minimum Gasteiger partial charge on any atom is -0.624 e. The second-order valence-corrected chi connectivity index (χ2v) is 3.55. The van der Waals surface area contributed by atoms with Crippen LogP contribution in [-0.2, 0) is 17.1 Å². The molecule has 5 nitrogen and oxygen atoms in total. The number of rotatable bonds is 4. The van der Waals surface area contributed by atoms with Gasteiger partial charge in [-0.05, 0) is 21.0 Å². The summed E-state index contributed by atoms with van der Waals surface area (Å²) in [6, 6.07) is 1.75. The molecule has 0 amide bonds. The first kappa shape index (κ1) is 21.3. The molecular weight excluding hydrogens is 266 g/mol. The van der Waals surface area contributed by atoms with Gasteiger partial charge in [0, 0.05) is 21.0 Å². The largest absolute Gasteiger partial charge is 1.00 e. The predicted molar refractivity (Wildman–Crippen MR) is 68.9 cm³/mol. The molecule has 0 aromatic rings. The molecule has 0 aliphatic rings. The Hall–Kier alpha value is -1.02. The van der Waals surface area contributed by atoms with Crippen molar-refractivity contribution in [3.63, 3.8) is 0 Å². The predicted octanol–water partition coefficient (Wildman–Crippen LogP) is 2.21. The molecule has 17 heavy (non-hydrogen) atoms. The first-order valence-corrected chi connectivity index (χ1v) is 4.94. The van der Waals surface area contributed by atoms with Gasteiger partial charge in [0.1, 0.15) is 0 Å². The topological polar surface area (TPSA) is 56.7 Å². The number of hydrogen-bond acceptors (Lipinski definition) is 4. The Labute approximate surface area is 116 Å². The van der Waals surface area contributed by atoms with Gasteiger partial charge >= 0.3 is 17.1 Å². The monoisotopic (exact) mass is 287 g/mol. The average molecular weight is 288 g/mol. The molecule has 0 unspecified atom stereocenters. The van der Waals surface area contributed by atoms with E-state index in [0.29, 0.717) is 0 Å². The van der Waals surface area contributed by atoms with Crippen LogP contribution < -0.4 is 0 Å². The summed E-state index contributed by atoms with van der Waals surface area (Å²) in [6.07, 6.45) is 1.94. The zero-order chi connectivity index (χ0) is 13.1. The quantitative estimate of drug-likeness (QED) is 0.452. The third-order valence-corrected chi connectivity index (χ3v) is 1.13. The molecule has 0 saturated heterocycles. The van der Waals surface area contributed by atoms with Crippen LogP contribution in [-0.4, -0.2) is 43.9 Å². The fourth-order valence-electron chi connectivity index (χ4n) is 0.991. The van der Waals surface area contributed by atoms with E-state index >= 15 is 0 Å². The zero-order valence-corrected chi connectivity index (χ0v) is 12.6. The van der Waals surface area contributed by atoms with Crippen molar-refractivity contribution in [1.29, 1.82) is 5.26 Å². The van der Waals surface area contributed by atoms with Gasteiger partial charge < -0.3 is 15.4 Å². The van der Waals surface area contributed by atoms with Crippen LogP contribution in [0.2, 0.25) is 0 Å². The van der Waals surface area contributed by atoms with Gasteiger partial charge in [-0.1, -0.05) is 13.0 Å². The summed E-state index contributed by atoms with van der Waals surface area (Å²) < 4.78 is 0. The molecule has 0 rings (SSSR count). The van der Waals surface area contributed by atoms with Crippen molar-refractivity contribution in [1.82, 2.24) is 10.0 Å². The Balaban J connectivity index is -0.000000440. The molecule has 6 heteroatoms.